The molecule has 150 valence electrons. The third-order valence-corrected chi connectivity index (χ3v) is 6.92. The number of rotatable bonds is 5. The lowest BCUT2D eigenvalue weighted by Crippen LogP contribution is -2.54. The number of hydrogen-bond acceptors (Lipinski definition) is 7. The molecule has 4 unspecified atom stereocenters. The molecule has 0 radical (unpaired) electrons. The molecule has 0 aromatic carbocycles. The number of nitrogens with zero attached hydrogens (tertiary/aromatic N) is 3. The Labute approximate surface area is 165 Å². The number of amides is 1. The molecule has 3 heterocycles. The smallest absolute Gasteiger partial charge is 0.273 e. The minimum Gasteiger partial charge on any atom is -0.360 e. The van der Waals surface area contributed by atoms with Crippen molar-refractivity contribution in [3.05, 3.63) is 17.5 Å². The molecule has 1 aromatic rings. The summed E-state index contributed by atoms with van der Waals surface area (Å²) in [5.74, 6) is 1.24. The molecule has 8 heteroatoms. The summed E-state index contributed by atoms with van der Waals surface area (Å²) >= 11 is 1.87. The second-order valence-electron chi connectivity index (χ2n) is 8.47. The molecule has 0 bridgehead atoms. The number of hydrogen-bond donors (Lipinski definition) is 2. The van der Waals surface area contributed by atoms with Gasteiger partial charge in [0.25, 0.3) is 5.91 Å². The largest absolute Gasteiger partial charge is 0.360 e. The van der Waals surface area contributed by atoms with Gasteiger partial charge in [0.2, 0.25) is 0 Å². The van der Waals surface area contributed by atoms with Crippen LogP contribution in [0, 0.1) is 0 Å². The summed E-state index contributed by atoms with van der Waals surface area (Å²) in [6, 6.07) is 3.49. The fourth-order valence-corrected chi connectivity index (χ4v) is 5.42. The summed E-state index contributed by atoms with van der Waals surface area (Å²) in [4.78, 5) is 12.5. The third kappa shape index (κ3) is 4.85. The van der Waals surface area contributed by atoms with Gasteiger partial charge >= 0.3 is 0 Å². The van der Waals surface area contributed by atoms with Crippen LogP contribution in [0.3, 0.4) is 0 Å². The van der Waals surface area contributed by atoms with Crippen LogP contribution in [0.5, 0.6) is 0 Å². The van der Waals surface area contributed by atoms with Crippen molar-refractivity contribution in [2.45, 2.75) is 76.5 Å². The van der Waals surface area contributed by atoms with Gasteiger partial charge in [0.05, 0.1) is 0 Å². The average Bonchev–Trinajstić information content (AvgIpc) is 3.33. The molecule has 2 N–H and O–H groups in total. The van der Waals surface area contributed by atoms with Gasteiger partial charge in [0.15, 0.2) is 5.69 Å². The van der Waals surface area contributed by atoms with E-state index in [2.05, 4.69) is 45.2 Å². The average molecular weight is 394 g/mol. The molecule has 1 amide bonds. The summed E-state index contributed by atoms with van der Waals surface area (Å²) in [7, 11) is 0. The highest BCUT2D eigenvalue weighted by Crippen LogP contribution is 2.40. The van der Waals surface area contributed by atoms with Crippen LogP contribution >= 0.6 is 12.1 Å². The van der Waals surface area contributed by atoms with Gasteiger partial charge < -0.3 is 15.2 Å². The Balaban J connectivity index is 1.26. The van der Waals surface area contributed by atoms with E-state index in [1.54, 1.807) is 0 Å². The lowest BCUT2D eigenvalue weighted by atomic mass is 10.0. The maximum Gasteiger partial charge on any atom is 0.273 e. The summed E-state index contributed by atoms with van der Waals surface area (Å²) in [5, 5.41) is 10.7. The van der Waals surface area contributed by atoms with E-state index in [0.29, 0.717) is 29.7 Å². The van der Waals surface area contributed by atoms with Crippen molar-refractivity contribution in [1.82, 2.24) is 24.4 Å². The Morgan fingerprint density at radius 2 is 2.00 bits per heavy atom. The van der Waals surface area contributed by atoms with Crippen LogP contribution < -0.4 is 10.6 Å². The number of aromatic nitrogens is 1. The van der Waals surface area contributed by atoms with E-state index in [4.69, 9.17) is 4.52 Å². The predicted octanol–water partition coefficient (Wildman–Crippen LogP) is 2.38. The summed E-state index contributed by atoms with van der Waals surface area (Å²) in [6.45, 7) is 9.85. The van der Waals surface area contributed by atoms with Crippen LogP contribution in [0.15, 0.2) is 10.6 Å². The van der Waals surface area contributed by atoms with Gasteiger partial charge in [-0.2, -0.15) is 0 Å². The quantitative estimate of drug-likeness (QED) is 0.744. The van der Waals surface area contributed by atoms with Crippen molar-refractivity contribution < 1.29 is 9.32 Å². The maximum absolute atomic E-state index is 12.5. The van der Waals surface area contributed by atoms with Crippen molar-refractivity contribution >= 4 is 18.0 Å². The van der Waals surface area contributed by atoms with Crippen molar-refractivity contribution in [3.8, 4) is 0 Å². The van der Waals surface area contributed by atoms with Crippen LogP contribution in [-0.2, 0) is 0 Å². The van der Waals surface area contributed by atoms with Gasteiger partial charge in [0, 0.05) is 67.9 Å². The predicted molar refractivity (Wildman–Crippen MR) is 106 cm³/mol. The van der Waals surface area contributed by atoms with Crippen molar-refractivity contribution in [1.29, 1.82) is 0 Å². The van der Waals surface area contributed by atoms with Crippen LogP contribution in [0.2, 0.25) is 0 Å². The Morgan fingerprint density at radius 3 is 2.67 bits per heavy atom. The molecule has 4 atom stereocenters. The number of carbonyl (C=O) groups excluding carboxylic acids is 1. The molecular formula is C19H31N5O2S. The van der Waals surface area contributed by atoms with Gasteiger partial charge in [-0.05, 0) is 46.5 Å². The number of nitrogens with one attached hydrogen (secondary N) is 2. The first-order chi connectivity index (χ1) is 13.0. The SMILES string of the molecule is CC1CN(SN2CCC(NC(=O)c3cc(C4CC4)on3)CC2C)CC(C)N1. The molecule has 0 spiro atoms. The number of carbonyl (C=O) groups is 1. The lowest BCUT2D eigenvalue weighted by molar-refractivity contribution is 0.0905. The standard InChI is InChI=1S/C19H31N5O2S/c1-12-10-23(11-13(2)20-12)27-24-7-6-16(8-14(24)3)21-19(25)17-9-18(26-22-17)15-4-5-15/h9,12-16,20H,4-8,10-11H2,1-3H3,(H,21,25). The highest BCUT2D eigenvalue weighted by atomic mass is 32.2. The van der Waals surface area contributed by atoms with Gasteiger partial charge in [0.1, 0.15) is 5.76 Å². The number of piperidine rings is 1. The molecule has 3 fully saturated rings. The zero-order chi connectivity index (χ0) is 19.0. The monoisotopic (exact) mass is 393 g/mol. The fourth-order valence-electron chi connectivity index (χ4n) is 4.11. The first-order valence-electron chi connectivity index (χ1n) is 10.2. The van der Waals surface area contributed by atoms with E-state index in [-0.39, 0.29) is 11.9 Å². The van der Waals surface area contributed by atoms with Crippen LogP contribution in [0.1, 0.15) is 68.6 Å². The summed E-state index contributed by atoms with van der Waals surface area (Å²) < 4.78 is 10.2. The molecule has 2 saturated heterocycles. The lowest BCUT2D eigenvalue weighted by Gasteiger charge is -2.42. The third-order valence-electron chi connectivity index (χ3n) is 5.64. The zero-order valence-corrected chi connectivity index (χ0v) is 17.3. The van der Waals surface area contributed by atoms with Crippen molar-refractivity contribution in [2.75, 3.05) is 19.6 Å². The van der Waals surface area contributed by atoms with E-state index in [1.165, 1.54) is 0 Å². The van der Waals surface area contributed by atoms with Gasteiger partial charge in [-0.15, -0.1) is 0 Å². The van der Waals surface area contributed by atoms with Gasteiger partial charge in [-0.1, -0.05) is 5.16 Å². The Kier molecular flexibility index (Phi) is 5.78. The molecular weight excluding hydrogens is 362 g/mol. The van der Waals surface area contributed by atoms with E-state index in [9.17, 15) is 4.79 Å². The van der Waals surface area contributed by atoms with Crippen molar-refractivity contribution in [3.63, 3.8) is 0 Å². The van der Waals surface area contributed by atoms with Gasteiger partial charge in [-0.25, -0.2) is 8.61 Å². The molecule has 1 saturated carbocycles. The van der Waals surface area contributed by atoms with Crippen LogP contribution in [0.4, 0.5) is 0 Å². The molecule has 1 aromatic heterocycles. The molecule has 27 heavy (non-hydrogen) atoms. The normalized spacial score (nSPS) is 33.1. The second-order valence-corrected chi connectivity index (χ2v) is 9.62. The molecule has 7 nitrogen and oxygen atoms in total. The summed E-state index contributed by atoms with van der Waals surface area (Å²) in [6.07, 6.45) is 4.22. The van der Waals surface area contributed by atoms with E-state index >= 15 is 0 Å². The highest BCUT2D eigenvalue weighted by Gasteiger charge is 2.32. The first kappa shape index (κ1) is 19.2. The van der Waals surface area contributed by atoms with E-state index < -0.39 is 0 Å². The highest BCUT2D eigenvalue weighted by molar-refractivity contribution is 7.94. The fraction of sp³-hybridized carbons (Fsp3) is 0.789. The first-order valence-corrected chi connectivity index (χ1v) is 10.9. The topological polar surface area (TPSA) is 73.6 Å². The van der Waals surface area contributed by atoms with E-state index in [1.807, 2.05) is 18.2 Å². The molecule has 3 aliphatic rings. The second kappa shape index (κ2) is 8.11. The minimum absolute atomic E-state index is 0.103. The van der Waals surface area contributed by atoms with Crippen LogP contribution in [0.25, 0.3) is 0 Å². The molecule has 1 aliphatic carbocycles. The Morgan fingerprint density at radius 1 is 1.26 bits per heavy atom. The van der Waals surface area contributed by atoms with E-state index in [0.717, 1.165) is 51.1 Å². The van der Waals surface area contributed by atoms with Crippen molar-refractivity contribution in [2.24, 2.45) is 0 Å². The molecule has 4 rings (SSSR count). The summed E-state index contributed by atoms with van der Waals surface area (Å²) in [5.41, 5.74) is 0.421. The minimum atomic E-state index is -0.103. The molecule has 2 aliphatic heterocycles. The van der Waals surface area contributed by atoms with Gasteiger partial charge in [-0.3, -0.25) is 4.79 Å². The maximum atomic E-state index is 12.5. The number of piperazine rings is 1. The zero-order valence-electron chi connectivity index (χ0n) is 16.5. The Bertz CT molecular complexity index is 654. The Hall–Kier alpha value is -1.09. The van der Waals surface area contributed by atoms with Crippen LogP contribution in [-0.4, -0.2) is 63.5 Å².